The maximum absolute atomic E-state index is 14.0. The minimum atomic E-state index is -0.631. The average molecular weight is 506 g/mol. The Labute approximate surface area is 210 Å². The van der Waals surface area contributed by atoms with Gasteiger partial charge in [-0.1, -0.05) is 42.1 Å². The molecular weight excluding hydrogens is 484 g/mol. The summed E-state index contributed by atoms with van der Waals surface area (Å²) in [4.78, 5) is 27.2. The number of hydrogen-bond donors (Lipinski definition) is 1. The molecule has 1 aliphatic heterocycles. The van der Waals surface area contributed by atoms with Gasteiger partial charge in [0, 0.05) is 17.9 Å². The highest BCUT2D eigenvalue weighted by atomic mass is 32.2. The number of carbonyl (C=O) groups is 2. The number of nitrogens with one attached hydrogen (secondary N) is 1. The largest absolute Gasteiger partial charge is 0.345 e. The van der Waals surface area contributed by atoms with Gasteiger partial charge in [0.05, 0.1) is 17.9 Å². The van der Waals surface area contributed by atoms with Crippen molar-refractivity contribution in [3.63, 3.8) is 0 Å². The molecule has 1 N–H and O–H groups in total. The van der Waals surface area contributed by atoms with Crippen LogP contribution < -0.4 is 10.2 Å². The Kier molecular flexibility index (Phi) is 6.77. The first-order chi connectivity index (χ1) is 17.5. The zero-order valence-electron chi connectivity index (χ0n) is 19.0. The lowest BCUT2D eigenvalue weighted by molar-refractivity contribution is -0.116. The Hall–Kier alpha value is -4.05. The number of aromatic nitrogens is 3. The van der Waals surface area contributed by atoms with E-state index in [1.807, 2.05) is 24.3 Å². The van der Waals surface area contributed by atoms with E-state index in [2.05, 4.69) is 15.5 Å². The van der Waals surface area contributed by atoms with Crippen LogP contribution in [0, 0.1) is 11.6 Å². The number of thioether (sulfide) groups is 1. The zero-order chi connectivity index (χ0) is 25.1. The van der Waals surface area contributed by atoms with E-state index in [1.165, 1.54) is 42.1 Å². The molecule has 0 spiro atoms. The van der Waals surface area contributed by atoms with Gasteiger partial charge in [0.25, 0.3) is 5.91 Å². The number of benzene rings is 3. The summed E-state index contributed by atoms with van der Waals surface area (Å²) in [5, 5.41) is 11.5. The van der Waals surface area contributed by atoms with Crippen LogP contribution in [0.5, 0.6) is 0 Å². The maximum atomic E-state index is 14.0. The quantitative estimate of drug-likeness (QED) is 0.382. The Morgan fingerprint density at radius 2 is 1.69 bits per heavy atom. The number of carbonyl (C=O) groups excluding carboxylic acids is 2. The number of para-hydroxylation sites is 1. The molecule has 182 valence electrons. The Morgan fingerprint density at radius 1 is 0.944 bits per heavy atom. The van der Waals surface area contributed by atoms with Gasteiger partial charge >= 0.3 is 0 Å². The summed E-state index contributed by atoms with van der Waals surface area (Å²) in [6.45, 7) is 0.572. The molecule has 2 heterocycles. The molecule has 0 fully saturated rings. The van der Waals surface area contributed by atoms with E-state index in [0.29, 0.717) is 23.2 Å². The molecule has 3 aromatic carbocycles. The zero-order valence-corrected chi connectivity index (χ0v) is 19.8. The van der Waals surface area contributed by atoms with E-state index in [4.69, 9.17) is 0 Å². The van der Waals surface area contributed by atoms with Crippen molar-refractivity contribution in [2.24, 2.45) is 0 Å². The van der Waals surface area contributed by atoms with Crippen molar-refractivity contribution in [3.8, 4) is 5.69 Å². The highest BCUT2D eigenvalue weighted by molar-refractivity contribution is 7.99. The van der Waals surface area contributed by atoms with E-state index >= 15 is 0 Å². The third kappa shape index (κ3) is 4.85. The average Bonchev–Trinajstić information content (AvgIpc) is 3.51. The topological polar surface area (TPSA) is 80.1 Å². The van der Waals surface area contributed by atoms with E-state index < -0.39 is 17.5 Å². The predicted octanol–water partition coefficient (Wildman–Crippen LogP) is 4.16. The first-order valence-corrected chi connectivity index (χ1v) is 12.2. The molecule has 0 atom stereocenters. The summed E-state index contributed by atoms with van der Waals surface area (Å²) < 4.78 is 29.2. The van der Waals surface area contributed by atoms with Gasteiger partial charge in [0.15, 0.2) is 11.0 Å². The Balaban J connectivity index is 1.35. The number of rotatable bonds is 7. The molecule has 2 amide bonds. The fourth-order valence-corrected chi connectivity index (χ4v) is 4.91. The van der Waals surface area contributed by atoms with Gasteiger partial charge in [-0.25, -0.2) is 8.78 Å². The fourth-order valence-electron chi connectivity index (χ4n) is 4.06. The summed E-state index contributed by atoms with van der Waals surface area (Å²) in [6.07, 6.45) is 0.810. The summed E-state index contributed by atoms with van der Waals surface area (Å²) in [5.41, 5.74) is 2.53. The molecule has 1 aromatic heterocycles. The molecule has 0 aliphatic carbocycles. The Morgan fingerprint density at radius 3 is 2.50 bits per heavy atom. The fraction of sp³-hybridized carbons (Fsp3) is 0.154. The van der Waals surface area contributed by atoms with Crippen LogP contribution >= 0.6 is 11.8 Å². The van der Waals surface area contributed by atoms with Crippen LogP contribution in [-0.4, -0.2) is 38.9 Å². The molecule has 10 heteroatoms. The van der Waals surface area contributed by atoms with Crippen LogP contribution in [0.15, 0.2) is 78.0 Å². The van der Waals surface area contributed by atoms with E-state index in [-0.39, 0.29) is 23.8 Å². The normalized spacial score (nSPS) is 12.4. The molecule has 7 nitrogen and oxygen atoms in total. The first kappa shape index (κ1) is 23.7. The van der Waals surface area contributed by atoms with Crippen molar-refractivity contribution in [1.82, 2.24) is 20.1 Å². The van der Waals surface area contributed by atoms with Crippen molar-refractivity contribution < 1.29 is 18.4 Å². The summed E-state index contributed by atoms with van der Waals surface area (Å²) in [6, 6.07) is 19.2. The second kappa shape index (κ2) is 10.3. The smallest absolute Gasteiger partial charge is 0.254 e. The molecule has 4 aromatic rings. The molecular formula is C26H21F2N5O2S. The standard InChI is InChI=1S/C26H21F2N5O2S/c27-18-9-11-19(12-10-18)33-23(15-29-25(35)20-6-2-3-7-21(20)28)30-31-26(33)36-16-24(34)32-14-13-17-5-1-4-8-22(17)32/h1-12H,13-16H2,(H,29,35). The molecule has 0 bridgehead atoms. The first-order valence-electron chi connectivity index (χ1n) is 11.3. The van der Waals surface area contributed by atoms with Gasteiger partial charge in [-0.05, 0) is 54.4 Å². The van der Waals surface area contributed by atoms with Crippen LogP contribution in [0.1, 0.15) is 21.7 Å². The summed E-state index contributed by atoms with van der Waals surface area (Å²) in [5.74, 6) is -1.22. The highest BCUT2D eigenvalue weighted by Crippen LogP contribution is 2.29. The number of anilines is 1. The number of fused-ring (bicyclic) bond motifs is 1. The number of amides is 2. The van der Waals surface area contributed by atoms with Crippen molar-refractivity contribution in [3.05, 3.63) is 101 Å². The van der Waals surface area contributed by atoms with Crippen LogP contribution in [0.25, 0.3) is 5.69 Å². The number of nitrogens with zero attached hydrogens (tertiary/aromatic N) is 4. The van der Waals surface area contributed by atoms with Crippen molar-refractivity contribution in [1.29, 1.82) is 0 Å². The van der Waals surface area contributed by atoms with Gasteiger partial charge in [0.1, 0.15) is 11.6 Å². The molecule has 1 aliphatic rings. The lowest BCUT2D eigenvalue weighted by Crippen LogP contribution is -2.30. The molecule has 0 radical (unpaired) electrons. The van der Waals surface area contributed by atoms with Crippen molar-refractivity contribution >= 4 is 29.3 Å². The van der Waals surface area contributed by atoms with Crippen molar-refractivity contribution in [2.75, 3.05) is 17.2 Å². The maximum Gasteiger partial charge on any atom is 0.254 e. The second-order valence-electron chi connectivity index (χ2n) is 8.09. The van der Waals surface area contributed by atoms with E-state index in [1.54, 1.807) is 27.7 Å². The highest BCUT2D eigenvalue weighted by Gasteiger charge is 2.25. The van der Waals surface area contributed by atoms with Gasteiger partial charge in [-0.15, -0.1) is 10.2 Å². The van der Waals surface area contributed by atoms with Gasteiger partial charge in [0.2, 0.25) is 5.91 Å². The lowest BCUT2D eigenvalue weighted by Gasteiger charge is -2.17. The van der Waals surface area contributed by atoms with Gasteiger partial charge in [-0.3, -0.25) is 14.2 Å². The van der Waals surface area contributed by atoms with Gasteiger partial charge < -0.3 is 10.2 Å². The lowest BCUT2D eigenvalue weighted by atomic mass is 10.2. The second-order valence-corrected chi connectivity index (χ2v) is 9.03. The summed E-state index contributed by atoms with van der Waals surface area (Å²) in [7, 11) is 0. The van der Waals surface area contributed by atoms with Crippen LogP contribution in [0.2, 0.25) is 0 Å². The molecule has 36 heavy (non-hydrogen) atoms. The van der Waals surface area contributed by atoms with Crippen LogP contribution in [0.4, 0.5) is 14.5 Å². The monoisotopic (exact) mass is 505 g/mol. The number of hydrogen-bond acceptors (Lipinski definition) is 5. The van der Waals surface area contributed by atoms with E-state index in [9.17, 15) is 18.4 Å². The van der Waals surface area contributed by atoms with Gasteiger partial charge in [-0.2, -0.15) is 0 Å². The van der Waals surface area contributed by atoms with Crippen LogP contribution in [0.3, 0.4) is 0 Å². The third-order valence-electron chi connectivity index (χ3n) is 5.82. The molecule has 0 unspecified atom stereocenters. The SMILES string of the molecule is O=C(NCc1nnc(SCC(=O)N2CCc3ccccc32)n1-c1ccc(F)cc1)c1ccccc1F. The molecule has 0 saturated heterocycles. The van der Waals surface area contributed by atoms with Crippen LogP contribution in [-0.2, 0) is 17.8 Å². The molecule has 0 saturated carbocycles. The van der Waals surface area contributed by atoms with Crippen molar-refractivity contribution in [2.45, 2.75) is 18.1 Å². The predicted molar refractivity (Wildman–Crippen MR) is 132 cm³/mol. The molecule has 5 rings (SSSR count). The minimum Gasteiger partial charge on any atom is -0.345 e. The van der Waals surface area contributed by atoms with E-state index in [0.717, 1.165) is 17.7 Å². The minimum absolute atomic E-state index is 0.0500. The third-order valence-corrected chi connectivity index (χ3v) is 6.74. The summed E-state index contributed by atoms with van der Waals surface area (Å²) >= 11 is 1.20. The Bertz CT molecular complexity index is 1420. The number of halogens is 2.